The lowest BCUT2D eigenvalue weighted by atomic mass is 10.1. The zero-order chi connectivity index (χ0) is 41.2. The molecule has 0 fully saturated rings. The molecule has 0 unspecified atom stereocenters. The first kappa shape index (κ1) is 41.7. The molecule has 0 aliphatic heterocycles. The Kier molecular flexibility index (Phi) is 13.9. The minimum absolute atomic E-state index is 0.193. The third-order valence-corrected chi connectivity index (χ3v) is 9.46. The number of aldehydes is 1. The topological polar surface area (TPSA) is 241 Å². The molecule has 0 aliphatic carbocycles. The van der Waals surface area contributed by atoms with Gasteiger partial charge < -0.3 is 35.4 Å². The molecule has 3 amide bonds. The molecule has 300 valence electrons. The highest BCUT2D eigenvalue weighted by atomic mass is 32.1. The minimum atomic E-state index is -0.658. The quantitative estimate of drug-likeness (QED) is 0.0501. The number of imidazole rings is 2. The fraction of sp³-hybridized carbons (Fsp3) is 0.316. The number of nitrogens with one attached hydrogen (secondary N) is 3. The van der Waals surface area contributed by atoms with Gasteiger partial charge in [-0.1, -0.05) is 12.2 Å². The van der Waals surface area contributed by atoms with Crippen LogP contribution >= 0.6 is 11.5 Å². The van der Waals surface area contributed by atoms with Gasteiger partial charge >= 0.3 is 0 Å². The molecule has 0 aliphatic rings. The summed E-state index contributed by atoms with van der Waals surface area (Å²) in [5.74, 6) is -0.256. The minimum Gasteiger partial charge on any atom is -0.494 e. The van der Waals surface area contributed by atoms with Gasteiger partial charge in [-0.2, -0.15) is 9.47 Å². The molecule has 57 heavy (non-hydrogen) atoms. The number of rotatable bonds is 17. The molecule has 0 atom stereocenters. The van der Waals surface area contributed by atoms with Crippen molar-refractivity contribution >= 4 is 69.5 Å². The first-order valence-electron chi connectivity index (χ1n) is 18.0. The molecule has 0 saturated carbocycles. The Balaban J connectivity index is 0.00000305. The summed E-state index contributed by atoms with van der Waals surface area (Å²) in [6.45, 7) is 7.51. The third-order valence-electron chi connectivity index (χ3n) is 8.58. The van der Waals surface area contributed by atoms with E-state index in [2.05, 4.69) is 36.1 Å². The molecule has 4 aromatic heterocycles. The van der Waals surface area contributed by atoms with Crippen LogP contribution in [-0.2, 0) is 19.6 Å². The van der Waals surface area contributed by atoms with Gasteiger partial charge in [0.05, 0.1) is 36.1 Å². The average molecular weight is 799 g/mol. The van der Waals surface area contributed by atoms with Crippen LogP contribution in [0.15, 0.2) is 48.6 Å². The van der Waals surface area contributed by atoms with Crippen molar-refractivity contribution in [3.63, 3.8) is 0 Å². The van der Waals surface area contributed by atoms with Gasteiger partial charge in [-0.25, -0.2) is 9.97 Å². The average Bonchev–Trinajstić information content (AvgIpc) is 3.99. The number of aryl methyl sites for hydroxylation is 3. The smallest absolute Gasteiger partial charge is 0.276 e. The number of ether oxygens (including phenoxy) is 2. The number of allylic oxidation sites excluding steroid dienone is 2. The van der Waals surface area contributed by atoms with Crippen LogP contribution in [0.2, 0.25) is 0 Å². The summed E-state index contributed by atoms with van der Waals surface area (Å²) in [4.78, 5) is 60.7. The summed E-state index contributed by atoms with van der Waals surface area (Å²) in [5.41, 5.74) is 14.4. The number of primary amides is 1. The molecule has 0 spiro atoms. The van der Waals surface area contributed by atoms with Crippen LogP contribution in [0, 0.1) is 13.8 Å². The zero-order valence-corrected chi connectivity index (χ0v) is 33.4. The van der Waals surface area contributed by atoms with Gasteiger partial charge in [-0.15, -0.1) is 0 Å². The highest BCUT2D eigenvalue weighted by molar-refractivity contribution is 7.08. The fourth-order valence-electron chi connectivity index (χ4n) is 6.06. The Morgan fingerprint density at radius 2 is 1.53 bits per heavy atom. The van der Waals surface area contributed by atoms with Gasteiger partial charge in [0.25, 0.3) is 11.8 Å². The first-order chi connectivity index (χ1) is 27.5. The summed E-state index contributed by atoms with van der Waals surface area (Å²) < 4.78 is 21.2. The molecule has 0 saturated heterocycles. The largest absolute Gasteiger partial charge is 0.494 e. The van der Waals surface area contributed by atoms with E-state index in [0.717, 1.165) is 30.1 Å². The highest BCUT2D eigenvalue weighted by Gasteiger charge is 2.22. The number of amides is 3. The van der Waals surface area contributed by atoms with Crippen molar-refractivity contribution in [1.29, 1.82) is 0 Å². The predicted molar refractivity (Wildman–Crippen MR) is 219 cm³/mol. The Bertz CT molecular complexity index is 2440. The maximum atomic E-state index is 13.6. The standard InChI is InChI=1S/C37H41N11O6S.CH5N/c1-6-48-27(14-21(2)44-48)34(51)42-36-41-26-18-24(33(38)50)19-28(53-5)31(26)46(36)11-7-8-12-47-32-25(16-23(20-49)17-29(32)54-13-9-10-39-4)40-37(47)43-35(52)30-15-22(3)45-55-30;1-2/h7-8,14-20,39H,6,9-13H2,1-5H3,(H2,38,50)(H,40,43,52)(H,41,42,51);2H2,1H3/b8-7+;. The second-order valence-electron chi connectivity index (χ2n) is 12.5. The fourth-order valence-corrected chi connectivity index (χ4v) is 6.71. The SMILES string of the molecule is CCn1nc(C)cc1C(=O)Nc1nc2cc(C(N)=O)cc(OC)c2n1C/C=C/Cn1c(NC(=O)c2cc(C)ns2)nc2cc(C=O)cc(OCCCNC)c21.CN. The number of methoxy groups -OCH3 is 1. The Morgan fingerprint density at radius 3 is 2.11 bits per heavy atom. The number of benzene rings is 2. The number of nitrogens with zero attached hydrogens (tertiary/aromatic N) is 7. The van der Waals surface area contributed by atoms with E-state index in [0.29, 0.717) is 75.0 Å². The van der Waals surface area contributed by atoms with Crippen molar-refractivity contribution < 1.29 is 28.7 Å². The van der Waals surface area contributed by atoms with Gasteiger partial charge in [0.15, 0.2) is 0 Å². The lowest BCUT2D eigenvalue weighted by Gasteiger charge is -2.13. The summed E-state index contributed by atoms with van der Waals surface area (Å²) in [6, 6.07) is 9.74. The van der Waals surface area contributed by atoms with Crippen molar-refractivity contribution in [1.82, 2.24) is 38.6 Å². The van der Waals surface area contributed by atoms with Crippen molar-refractivity contribution in [3.8, 4) is 11.5 Å². The van der Waals surface area contributed by atoms with Gasteiger partial charge in [0.2, 0.25) is 17.8 Å². The lowest BCUT2D eigenvalue weighted by molar-refractivity contribution is 0.0995. The predicted octanol–water partition coefficient (Wildman–Crippen LogP) is 3.92. The number of aromatic nitrogens is 7. The number of carbonyl (C=O) groups excluding carboxylic acids is 4. The summed E-state index contributed by atoms with van der Waals surface area (Å²) >= 11 is 1.08. The van der Waals surface area contributed by atoms with E-state index < -0.39 is 11.8 Å². The Labute approximate surface area is 332 Å². The maximum absolute atomic E-state index is 13.6. The van der Waals surface area contributed by atoms with Crippen molar-refractivity contribution in [2.45, 2.75) is 46.8 Å². The highest BCUT2D eigenvalue weighted by Crippen LogP contribution is 2.33. The monoisotopic (exact) mass is 798 g/mol. The van der Waals surface area contributed by atoms with Crippen LogP contribution in [0.4, 0.5) is 11.9 Å². The maximum Gasteiger partial charge on any atom is 0.276 e. The zero-order valence-electron chi connectivity index (χ0n) is 32.6. The van der Waals surface area contributed by atoms with E-state index >= 15 is 0 Å². The van der Waals surface area contributed by atoms with Crippen LogP contribution in [0.25, 0.3) is 22.1 Å². The number of hydrogen-bond donors (Lipinski definition) is 5. The molecule has 6 rings (SSSR count). The van der Waals surface area contributed by atoms with Gasteiger partial charge in [0.1, 0.15) is 39.4 Å². The number of nitrogens with two attached hydrogens (primary N) is 2. The summed E-state index contributed by atoms with van der Waals surface area (Å²) in [7, 11) is 4.82. The number of anilines is 2. The van der Waals surface area contributed by atoms with E-state index in [-0.39, 0.29) is 36.5 Å². The molecule has 18 nitrogen and oxygen atoms in total. The molecular weight excluding hydrogens is 753 g/mol. The second kappa shape index (κ2) is 18.9. The summed E-state index contributed by atoms with van der Waals surface area (Å²) in [6.07, 6.45) is 5.16. The van der Waals surface area contributed by atoms with Crippen LogP contribution < -0.4 is 36.9 Å². The molecule has 2 aromatic carbocycles. The van der Waals surface area contributed by atoms with Crippen molar-refractivity contribution in [2.24, 2.45) is 11.5 Å². The molecule has 0 radical (unpaired) electrons. The van der Waals surface area contributed by atoms with E-state index in [1.807, 2.05) is 26.1 Å². The number of carbonyl (C=O) groups is 4. The molecule has 4 heterocycles. The van der Waals surface area contributed by atoms with Crippen LogP contribution in [0.1, 0.15) is 65.6 Å². The van der Waals surface area contributed by atoms with Gasteiger partial charge in [-0.05, 0) is 95.8 Å². The molecule has 19 heteroatoms. The normalized spacial score (nSPS) is 11.1. The van der Waals surface area contributed by atoms with Crippen molar-refractivity contribution in [2.75, 3.05) is 45.0 Å². The van der Waals surface area contributed by atoms with E-state index in [1.54, 1.807) is 58.0 Å². The number of hydrogen-bond acceptors (Lipinski definition) is 13. The van der Waals surface area contributed by atoms with Crippen LogP contribution in [0.3, 0.4) is 0 Å². The van der Waals surface area contributed by atoms with E-state index in [1.165, 1.54) is 20.2 Å². The molecule has 6 aromatic rings. The number of fused-ring (bicyclic) bond motifs is 2. The third kappa shape index (κ3) is 9.34. The van der Waals surface area contributed by atoms with E-state index in [4.69, 9.17) is 20.2 Å². The summed E-state index contributed by atoms with van der Waals surface area (Å²) in [5, 5.41) is 13.3. The molecular formula is C38H46N12O6S. The van der Waals surface area contributed by atoms with Gasteiger partial charge in [0, 0.05) is 30.8 Å². The van der Waals surface area contributed by atoms with Gasteiger partial charge in [-0.3, -0.25) is 34.5 Å². The van der Waals surface area contributed by atoms with Crippen LogP contribution in [-0.4, -0.2) is 91.6 Å². The van der Waals surface area contributed by atoms with Crippen molar-refractivity contribution in [3.05, 3.63) is 81.6 Å². The molecule has 0 bridgehead atoms. The van der Waals surface area contributed by atoms with E-state index in [9.17, 15) is 19.2 Å². The molecule has 7 N–H and O–H groups in total. The Hall–Kier alpha value is -6.44. The second-order valence-corrected chi connectivity index (χ2v) is 13.3. The first-order valence-corrected chi connectivity index (χ1v) is 18.8. The lowest BCUT2D eigenvalue weighted by Crippen LogP contribution is -2.20. The Morgan fingerprint density at radius 1 is 0.877 bits per heavy atom. The van der Waals surface area contributed by atoms with Crippen LogP contribution in [0.5, 0.6) is 11.5 Å².